The van der Waals surface area contributed by atoms with Gasteiger partial charge in [0.1, 0.15) is 5.92 Å². The molecular weight excluding hydrogens is 246 g/mol. The van der Waals surface area contributed by atoms with Gasteiger partial charge in [-0.15, -0.1) is 0 Å². The van der Waals surface area contributed by atoms with E-state index in [4.69, 9.17) is 17.3 Å². The summed E-state index contributed by atoms with van der Waals surface area (Å²) in [7, 11) is 0. The molecular formula is C10H10ClN3OS. The normalized spacial score (nSPS) is 23.5. The number of fused-ring (bicyclic) bond motifs is 1. The first kappa shape index (κ1) is 11.6. The predicted molar refractivity (Wildman–Crippen MR) is 68.0 cm³/mol. The molecule has 0 bridgehead atoms. The van der Waals surface area contributed by atoms with Crippen molar-refractivity contribution in [2.75, 3.05) is 12.3 Å². The average Bonchev–Trinajstić information content (AvgIpc) is 2.25. The highest BCUT2D eigenvalue weighted by molar-refractivity contribution is 8.13. The van der Waals surface area contributed by atoms with Crippen LogP contribution in [0.1, 0.15) is 0 Å². The molecule has 0 aromatic rings. The number of carbonyl (C=O) groups excluding carboxylic acids is 1. The van der Waals surface area contributed by atoms with Gasteiger partial charge in [0.2, 0.25) is 0 Å². The first-order valence-corrected chi connectivity index (χ1v) is 6.16. The third kappa shape index (κ3) is 2.42. The van der Waals surface area contributed by atoms with Gasteiger partial charge in [0.25, 0.3) is 5.91 Å². The van der Waals surface area contributed by atoms with Crippen molar-refractivity contribution in [3.63, 3.8) is 0 Å². The number of hydrogen-bond donors (Lipinski definition) is 1. The number of hydrogen-bond acceptors (Lipinski definition) is 4. The van der Waals surface area contributed by atoms with Gasteiger partial charge >= 0.3 is 0 Å². The lowest BCUT2D eigenvalue weighted by molar-refractivity contribution is -0.118. The lowest BCUT2D eigenvalue weighted by Crippen LogP contribution is -2.26. The van der Waals surface area contributed by atoms with Crippen molar-refractivity contribution >= 4 is 40.1 Å². The minimum absolute atomic E-state index is 0.193. The zero-order valence-corrected chi connectivity index (χ0v) is 9.96. The molecule has 0 aromatic carbocycles. The smallest absolute Gasteiger partial charge is 0.261 e. The van der Waals surface area contributed by atoms with Crippen LogP contribution >= 0.6 is 23.4 Å². The second-order valence-corrected chi connectivity index (χ2v) is 4.77. The summed E-state index contributed by atoms with van der Waals surface area (Å²) in [6, 6.07) is 0. The Morgan fingerprint density at radius 3 is 3.06 bits per heavy atom. The van der Waals surface area contributed by atoms with Gasteiger partial charge in [-0.2, -0.15) is 4.99 Å². The zero-order valence-electron chi connectivity index (χ0n) is 8.39. The fraction of sp³-hybridized carbons (Fsp3) is 0.300. The number of aliphatic imine (C=N–C) groups is 2. The summed E-state index contributed by atoms with van der Waals surface area (Å²) in [5, 5.41) is 1.05. The third-order valence-electron chi connectivity index (χ3n) is 2.10. The molecule has 16 heavy (non-hydrogen) atoms. The molecule has 2 rings (SSSR count). The molecule has 4 nitrogen and oxygen atoms in total. The maximum atomic E-state index is 11.7. The number of amidine groups is 1. The minimum atomic E-state index is -0.371. The summed E-state index contributed by atoms with van der Waals surface area (Å²) in [5.74, 6) is 0.131. The minimum Gasteiger partial charge on any atom is -0.330 e. The van der Waals surface area contributed by atoms with Crippen LogP contribution < -0.4 is 5.73 Å². The summed E-state index contributed by atoms with van der Waals surface area (Å²) in [6.45, 7) is 0.530. The Kier molecular flexibility index (Phi) is 3.58. The number of rotatable bonds is 2. The molecule has 0 spiro atoms. The van der Waals surface area contributed by atoms with Crippen LogP contribution in [-0.2, 0) is 4.79 Å². The molecule has 1 aliphatic carbocycles. The van der Waals surface area contributed by atoms with Crippen molar-refractivity contribution in [2.45, 2.75) is 0 Å². The van der Waals surface area contributed by atoms with E-state index in [2.05, 4.69) is 9.98 Å². The second kappa shape index (κ2) is 4.95. The molecule has 84 valence electrons. The second-order valence-electron chi connectivity index (χ2n) is 3.27. The van der Waals surface area contributed by atoms with E-state index in [1.54, 1.807) is 18.2 Å². The summed E-state index contributed by atoms with van der Waals surface area (Å²) in [4.78, 5) is 19.9. The molecule has 1 unspecified atom stereocenters. The van der Waals surface area contributed by atoms with Gasteiger partial charge in [-0.3, -0.25) is 4.79 Å². The fourth-order valence-corrected chi connectivity index (χ4v) is 2.20. The Morgan fingerprint density at radius 2 is 2.31 bits per heavy atom. The molecule has 2 aliphatic rings. The number of carbonyl (C=O) groups is 1. The lowest BCUT2D eigenvalue weighted by atomic mass is 9.97. The molecule has 1 atom stereocenters. The summed E-state index contributed by atoms with van der Waals surface area (Å²) >= 11 is 7.23. The number of thioether (sulfide) groups is 1. The van der Waals surface area contributed by atoms with Crippen LogP contribution in [0.15, 0.2) is 33.2 Å². The van der Waals surface area contributed by atoms with Gasteiger partial charge in [-0.05, 0) is 12.2 Å². The average molecular weight is 256 g/mol. The SMILES string of the molecule is NCCSC1=NC(=O)C2C=CC(Cl)=CC2=N1. The third-order valence-corrected chi connectivity index (χ3v) is 3.21. The monoisotopic (exact) mass is 255 g/mol. The predicted octanol–water partition coefficient (Wildman–Crippen LogP) is 1.32. The van der Waals surface area contributed by atoms with Gasteiger partial charge < -0.3 is 5.73 Å². The van der Waals surface area contributed by atoms with Gasteiger partial charge in [0.15, 0.2) is 5.17 Å². The highest BCUT2D eigenvalue weighted by Crippen LogP contribution is 2.23. The first-order chi connectivity index (χ1) is 7.70. The molecule has 1 amide bonds. The van der Waals surface area contributed by atoms with Crippen LogP contribution in [0, 0.1) is 5.92 Å². The molecule has 0 radical (unpaired) electrons. The topological polar surface area (TPSA) is 67.8 Å². The van der Waals surface area contributed by atoms with Crippen LogP contribution in [-0.4, -0.2) is 29.1 Å². The fourth-order valence-electron chi connectivity index (χ4n) is 1.39. The van der Waals surface area contributed by atoms with Gasteiger partial charge in [-0.25, -0.2) is 4.99 Å². The summed E-state index contributed by atoms with van der Waals surface area (Å²) in [6.07, 6.45) is 5.11. The number of halogens is 1. The lowest BCUT2D eigenvalue weighted by Gasteiger charge is -2.17. The van der Waals surface area contributed by atoms with Gasteiger partial charge in [0.05, 0.1) is 5.71 Å². The maximum absolute atomic E-state index is 11.7. The van der Waals surface area contributed by atoms with E-state index < -0.39 is 0 Å². The number of nitrogens with zero attached hydrogens (tertiary/aromatic N) is 2. The Balaban J connectivity index is 2.22. The maximum Gasteiger partial charge on any atom is 0.261 e. The number of allylic oxidation sites excluding steroid dienone is 3. The molecule has 1 aliphatic heterocycles. The molecule has 1 heterocycles. The largest absolute Gasteiger partial charge is 0.330 e. The zero-order chi connectivity index (χ0) is 11.5. The quantitative estimate of drug-likeness (QED) is 0.809. The van der Waals surface area contributed by atoms with Crippen molar-refractivity contribution < 1.29 is 4.79 Å². The highest BCUT2D eigenvalue weighted by Gasteiger charge is 2.27. The Labute approximate surface area is 102 Å². The summed E-state index contributed by atoms with van der Waals surface area (Å²) < 4.78 is 0. The molecule has 0 aromatic heterocycles. The first-order valence-electron chi connectivity index (χ1n) is 4.80. The van der Waals surface area contributed by atoms with Gasteiger partial charge in [-0.1, -0.05) is 29.4 Å². The van der Waals surface area contributed by atoms with Crippen LogP contribution in [0.3, 0.4) is 0 Å². The van der Waals surface area contributed by atoms with Crippen LogP contribution in [0.5, 0.6) is 0 Å². The highest BCUT2D eigenvalue weighted by atomic mass is 35.5. The van der Waals surface area contributed by atoms with Crippen LogP contribution in [0.2, 0.25) is 0 Å². The van der Waals surface area contributed by atoms with Gasteiger partial charge in [0, 0.05) is 17.3 Å². The molecule has 0 fully saturated rings. The van der Waals surface area contributed by atoms with Crippen molar-refractivity contribution in [1.82, 2.24) is 0 Å². The van der Waals surface area contributed by atoms with E-state index in [1.807, 2.05) is 0 Å². The van der Waals surface area contributed by atoms with E-state index in [1.165, 1.54) is 11.8 Å². The van der Waals surface area contributed by atoms with Crippen LogP contribution in [0.4, 0.5) is 0 Å². The Morgan fingerprint density at radius 1 is 1.50 bits per heavy atom. The number of nitrogens with two attached hydrogens (primary N) is 1. The Bertz CT molecular complexity index is 439. The van der Waals surface area contributed by atoms with Crippen molar-refractivity contribution in [3.05, 3.63) is 23.3 Å². The Hall–Kier alpha value is -0.910. The molecule has 2 N–H and O–H groups in total. The number of amides is 1. The molecule has 6 heteroatoms. The van der Waals surface area contributed by atoms with Crippen molar-refractivity contribution in [1.29, 1.82) is 0 Å². The summed E-state index contributed by atoms with van der Waals surface area (Å²) in [5.41, 5.74) is 6.04. The van der Waals surface area contributed by atoms with E-state index >= 15 is 0 Å². The van der Waals surface area contributed by atoms with Crippen molar-refractivity contribution in [2.24, 2.45) is 21.6 Å². The van der Waals surface area contributed by atoms with E-state index in [9.17, 15) is 4.79 Å². The van der Waals surface area contributed by atoms with Crippen LogP contribution in [0.25, 0.3) is 0 Å². The van der Waals surface area contributed by atoms with Crippen molar-refractivity contribution in [3.8, 4) is 0 Å². The van der Waals surface area contributed by atoms with E-state index in [-0.39, 0.29) is 11.8 Å². The molecule has 0 saturated heterocycles. The van der Waals surface area contributed by atoms with E-state index in [0.717, 1.165) is 0 Å². The molecule has 0 saturated carbocycles. The standard InChI is InChI=1S/C10H10ClN3OS/c11-6-1-2-7-8(5-6)13-10(14-9(7)15)16-4-3-12/h1-2,5,7H,3-4,12H2. The van der Waals surface area contributed by atoms with E-state index in [0.29, 0.717) is 28.2 Å².